The summed E-state index contributed by atoms with van der Waals surface area (Å²) >= 11 is 0. The first-order chi connectivity index (χ1) is 11.6. The number of ether oxygens (including phenoxy) is 1. The molecule has 0 saturated carbocycles. The number of esters is 1. The van der Waals surface area contributed by atoms with Crippen LogP contribution in [-0.4, -0.2) is 24.2 Å². The van der Waals surface area contributed by atoms with E-state index in [1.807, 2.05) is 0 Å². The second-order valence-electron chi connectivity index (χ2n) is 5.25. The van der Waals surface area contributed by atoms with E-state index in [2.05, 4.69) is 10.1 Å². The topological polar surface area (TPSA) is 75.6 Å². The SMILES string of the molecule is COC(=O)C1=C(C)NC=C(C(=O)O)C1c1ccc(F)c(C(F)(F)F)c1. The molecule has 1 atom stereocenters. The van der Waals surface area contributed by atoms with Gasteiger partial charge in [-0.3, -0.25) is 0 Å². The van der Waals surface area contributed by atoms with Gasteiger partial charge in [-0.05, 0) is 24.6 Å². The predicted octanol–water partition coefficient (Wildman–Crippen LogP) is 2.95. The van der Waals surface area contributed by atoms with Crippen molar-refractivity contribution < 1.29 is 37.0 Å². The summed E-state index contributed by atoms with van der Waals surface area (Å²) in [6.07, 6.45) is -3.89. The molecule has 2 rings (SSSR count). The van der Waals surface area contributed by atoms with Gasteiger partial charge in [0.25, 0.3) is 0 Å². The third kappa shape index (κ3) is 3.49. The maximum absolute atomic E-state index is 13.5. The van der Waals surface area contributed by atoms with E-state index < -0.39 is 35.4 Å². The summed E-state index contributed by atoms with van der Waals surface area (Å²) in [7, 11) is 1.06. The van der Waals surface area contributed by atoms with E-state index in [-0.39, 0.29) is 22.4 Å². The van der Waals surface area contributed by atoms with E-state index >= 15 is 0 Å². The zero-order valence-corrected chi connectivity index (χ0v) is 13.1. The van der Waals surface area contributed by atoms with Crippen molar-refractivity contribution in [3.8, 4) is 0 Å². The molecule has 1 aliphatic rings. The number of carbonyl (C=O) groups is 2. The molecule has 0 fully saturated rings. The molecule has 25 heavy (non-hydrogen) atoms. The van der Waals surface area contributed by atoms with Crippen LogP contribution < -0.4 is 5.32 Å². The average Bonchev–Trinajstić information content (AvgIpc) is 2.53. The number of carbonyl (C=O) groups excluding carboxylic acids is 1. The summed E-state index contributed by atoms with van der Waals surface area (Å²) in [5.74, 6) is -5.18. The van der Waals surface area contributed by atoms with Crippen LogP contribution in [-0.2, 0) is 20.5 Å². The molecule has 134 valence electrons. The fourth-order valence-electron chi connectivity index (χ4n) is 2.57. The molecule has 0 aliphatic carbocycles. The lowest BCUT2D eigenvalue weighted by Gasteiger charge is -2.27. The highest BCUT2D eigenvalue weighted by Crippen LogP contribution is 2.39. The number of hydrogen-bond donors (Lipinski definition) is 2. The van der Waals surface area contributed by atoms with Crippen LogP contribution in [0.1, 0.15) is 24.0 Å². The molecule has 1 unspecified atom stereocenters. The first-order valence-corrected chi connectivity index (χ1v) is 6.93. The number of carboxylic acid groups (broad SMARTS) is 1. The van der Waals surface area contributed by atoms with Crippen molar-refractivity contribution in [1.82, 2.24) is 5.32 Å². The Balaban J connectivity index is 2.69. The van der Waals surface area contributed by atoms with E-state index in [9.17, 15) is 32.3 Å². The number of carboxylic acids is 1. The van der Waals surface area contributed by atoms with Crippen LogP contribution in [0.5, 0.6) is 0 Å². The lowest BCUT2D eigenvalue weighted by Crippen LogP contribution is -2.28. The molecule has 0 spiro atoms. The van der Waals surface area contributed by atoms with Gasteiger partial charge in [0.15, 0.2) is 0 Å². The maximum Gasteiger partial charge on any atom is 0.419 e. The van der Waals surface area contributed by atoms with Gasteiger partial charge in [-0.1, -0.05) is 6.07 Å². The summed E-state index contributed by atoms with van der Waals surface area (Å²) in [6.45, 7) is 1.45. The summed E-state index contributed by atoms with van der Waals surface area (Å²) in [4.78, 5) is 23.5. The van der Waals surface area contributed by atoms with Gasteiger partial charge in [0.2, 0.25) is 0 Å². The van der Waals surface area contributed by atoms with Gasteiger partial charge in [0.1, 0.15) is 5.82 Å². The lowest BCUT2D eigenvalue weighted by atomic mass is 9.81. The zero-order valence-electron chi connectivity index (χ0n) is 13.1. The van der Waals surface area contributed by atoms with Crippen LogP contribution in [0.15, 0.2) is 41.2 Å². The Hall–Kier alpha value is -2.84. The molecular formula is C16H13F4NO4. The first kappa shape index (κ1) is 18.5. The van der Waals surface area contributed by atoms with Crippen LogP contribution in [0.3, 0.4) is 0 Å². The Morgan fingerprint density at radius 1 is 1.28 bits per heavy atom. The van der Waals surface area contributed by atoms with Crippen molar-refractivity contribution in [2.45, 2.75) is 19.0 Å². The number of hydrogen-bond acceptors (Lipinski definition) is 4. The predicted molar refractivity (Wildman–Crippen MR) is 77.7 cm³/mol. The highest BCUT2D eigenvalue weighted by molar-refractivity contribution is 5.98. The molecule has 0 amide bonds. The number of dihydropyridines is 1. The van der Waals surface area contributed by atoms with Crippen LogP contribution >= 0.6 is 0 Å². The van der Waals surface area contributed by atoms with E-state index in [1.165, 1.54) is 6.92 Å². The average molecular weight is 359 g/mol. The molecule has 1 aromatic rings. The van der Waals surface area contributed by atoms with Crippen molar-refractivity contribution in [1.29, 1.82) is 0 Å². The number of aliphatic carboxylic acids is 1. The third-order valence-electron chi connectivity index (χ3n) is 3.73. The Labute approximate surface area is 139 Å². The second-order valence-corrected chi connectivity index (χ2v) is 5.25. The summed E-state index contributed by atoms with van der Waals surface area (Å²) < 4.78 is 57.0. The summed E-state index contributed by atoms with van der Waals surface area (Å²) in [5, 5.41) is 11.9. The largest absolute Gasteiger partial charge is 0.478 e. The normalized spacial score (nSPS) is 17.7. The smallest absolute Gasteiger partial charge is 0.419 e. The van der Waals surface area contributed by atoms with Crippen molar-refractivity contribution >= 4 is 11.9 Å². The number of allylic oxidation sites excluding steroid dienone is 1. The fraction of sp³-hybridized carbons (Fsp3) is 0.250. The monoisotopic (exact) mass is 359 g/mol. The third-order valence-corrected chi connectivity index (χ3v) is 3.73. The maximum atomic E-state index is 13.5. The van der Waals surface area contributed by atoms with Crippen molar-refractivity contribution in [3.63, 3.8) is 0 Å². The molecule has 1 aromatic carbocycles. The van der Waals surface area contributed by atoms with Gasteiger partial charge in [-0.25, -0.2) is 14.0 Å². The van der Waals surface area contributed by atoms with Gasteiger partial charge in [0.05, 0.1) is 29.7 Å². The number of alkyl halides is 3. The molecule has 9 heteroatoms. The van der Waals surface area contributed by atoms with E-state index in [4.69, 9.17) is 0 Å². The number of nitrogens with one attached hydrogen (secondary N) is 1. The number of halogens is 4. The molecule has 0 radical (unpaired) electrons. The Morgan fingerprint density at radius 2 is 1.92 bits per heavy atom. The highest BCUT2D eigenvalue weighted by Gasteiger charge is 2.38. The van der Waals surface area contributed by atoms with Gasteiger partial charge in [-0.2, -0.15) is 13.2 Å². The molecule has 1 aliphatic heterocycles. The van der Waals surface area contributed by atoms with Gasteiger partial charge in [0, 0.05) is 11.9 Å². The molecule has 0 saturated heterocycles. The van der Waals surface area contributed by atoms with Gasteiger partial charge >= 0.3 is 18.1 Å². The first-order valence-electron chi connectivity index (χ1n) is 6.93. The fourth-order valence-corrected chi connectivity index (χ4v) is 2.57. The van der Waals surface area contributed by atoms with Gasteiger partial charge < -0.3 is 15.2 Å². The van der Waals surface area contributed by atoms with Crippen molar-refractivity contribution in [2.24, 2.45) is 0 Å². The van der Waals surface area contributed by atoms with Crippen molar-refractivity contribution in [2.75, 3.05) is 7.11 Å². The molecule has 0 aromatic heterocycles. The van der Waals surface area contributed by atoms with E-state index in [1.54, 1.807) is 0 Å². The minimum Gasteiger partial charge on any atom is -0.478 e. The standard InChI is InChI=1S/C16H13F4NO4/c1-7-12(15(24)25-2)13(9(6-21-7)14(22)23)8-3-4-11(17)10(5-8)16(18,19)20/h3-6,13,21H,1-2H3,(H,22,23). The summed E-state index contributed by atoms with van der Waals surface area (Å²) in [6, 6.07) is 2.09. The Kier molecular flexibility index (Phi) is 4.87. The molecule has 0 bridgehead atoms. The molecular weight excluding hydrogens is 346 g/mol. The number of rotatable bonds is 3. The minimum absolute atomic E-state index is 0.165. The van der Waals surface area contributed by atoms with Crippen LogP contribution in [0.25, 0.3) is 0 Å². The van der Waals surface area contributed by atoms with Crippen LogP contribution in [0.4, 0.5) is 17.6 Å². The molecule has 2 N–H and O–H groups in total. The Morgan fingerprint density at radius 3 is 2.44 bits per heavy atom. The lowest BCUT2D eigenvalue weighted by molar-refractivity contribution is -0.140. The summed E-state index contributed by atoms with van der Waals surface area (Å²) in [5.41, 5.74) is -2.05. The highest BCUT2D eigenvalue weighted by atomic mass is 19.4. The van der Waals surface area contributed by atoms with Gasteiger partial charge in [-0.15, -0.1) is 0 Å². The van der Waals surface area contributed by atoms with Crippen molar-refractivity contribution in [3.05, 3.63) is 58.2 Å². The molecule has 5 nitrogen and oxygen atoms in total. The zero-order chi connectivity index (χ0) is 18.9. The number of benzene rings is 1. The quantitative estimate of drug-likeness (QED) is 0.641. The van der Waals surface area contributed by atoms with E-state index in [0.29, 0.717) is 12.1 Å². The van der Waals surface area contributed by atoms with E-state index in [0.717, 1.165) is 19.4 Å². The molecule has 1 heterocycles. The number of methoxy groups -OCH3 is 1. The Bertz CT molecular complexity index is 796. The second kappa shape index (κ2) is 6.58. The minimum atomic E-state index is -4.97. The van der Waals surface area contributed by atoms with Crippen LogP contribution in [0, 0.1) is 5.82 Å². The van der Waals surface area contributed by atoms with Crippen LogP contribution in [0.2, 0.25) is 0 Å².